The van der Waals surface area contributed by atoms with Crippen molar-refractivity contribution in [2.45, 2.75) is 6.54 Å². The van der Waals surface area contributed by atoms with Crippen molar-refractivity contribution < 1.29 is 4.39 Å². The quantitative estimate of drug-likeness (QED) is 0.725. The Morgan fingerprint density at radius 2 is 2.05 bits per heavy atom. The monoisotopic (exact) mass is 331 g/mol. The number of halogens is 2. The molecule has 0 bridgehead atoms. The van der Waals surface area contributed by atoms with Crippen LogP contribution in [0.2, 0.25) is 0 Å². The molecule has 0 radical (unpaired) electrons. The summed E-state index contributed by atoms with van der Waals surface area (Å²) in [5.74, 6) is -0.299. The minimum Gasteiger partial charge on any atom is -0.240 e. The first kappa shape index (κ1) is 13.0. The van der Waals surface area contributed by atoms with Crippen LogP contribution in [0, 0.1) is 5.82 Å². The molecule has 1 heterocycles. The van der Waals surface area contributed by atoms with Crippen molar-refractivity contribution in [2.24, 2.45) is 0 Å². The summed E-state index contributed by atoms with van der Waals surface area (Å²) in [6.45, 7) is 4.48. The number of fused-ring (bicyclic) bond motifs is 1. The zero-order valence-corrected chi connectivity index (χ0v) is 12.1. The lowest BCUT2D eigenvalue weighted by molar-refractivity contribution is 0.620. The second-order valence-corrected chi connectivity index (χ2v) is 5.32. The normalized spacial score (nSPS) is 10.9. The van der Waals surface area contributed by atoms with Gasteiger partial charge in [0.05, 0.1) is 16.5 Å². The molecular formula is C15H11BrFN3. The molecule has 2 aromatic carbocycles. The SMILES string of the molecule is C=C(Cn1nnc2ccccc21)c1ccc(Br)c(F)c1. The van der Waals surface area contributed by atoms with E-state index >= 15 is 0 Å². The highest BCUT2D eigenvalue weighted by molar-refractivity contribution is 9.10. The predicted octanol–water partition coefficient (Wildman–Crippen LogP) is 4.05. The molecule has 0 N–H and O–H groups in total. The van der Waals surface area contributed by atoms with Gasteiger partial charge < -0.3 is 0 Å². The molecule has 3 nitrogen and oxygen atoms in total. The second kappa shape index (κ2) is 5.17. The van der Waals surface area contributed by atoms with Crippen molar-refractivity contribution in [3.8, 4) is 0 Å². The third-order valence-corrected chi connectivity index (χ3v) is 3.73. The summed E-state index contributed by atoms with van der Waals surface area (Å²) < 4.78 is 15.8. The number of benzene rings is 2. The van der Waals surface area contributed by atoms with Crippen molar-refractivity contribution in [3.05, 3.63) is 64.9 Å². The molecule has 20 heavy (non-hydrogen) atoms. The molecule has 3 rings (SSSR count). The molecule has 3 aromatic rings. The Morgan fingerprint density at radius 3 is 2.85 bits per heavy atom. The topological polar surface area (TPSA) is 30.7 Å². The summed E-state index contributed by atoms with van der Waals surface area (Å²) in [4.78, 5) is 0. The molecule has 0 atom stereocenters. The maximum absolute atomic E-state index is 13.5. The van der Waals surface area contributed by atoms with Crippen LogP contribution < -0.4 is 0 Å². The van der Waals surface area contributed by atoms with Crippen molar-refractivity contribution in [2.75, 3.05) is 0 Å². The standard InChI is InChI=1S/C15H11BrFN3/c1-10(11-6-7-12(16)13(17)8-11)9-20-15-5-3-2-4-14(15)18-19-20/h2-8H,1,9H2. The van der Waals surface area contributed by atoms with Crippen molar-refractivity contribution in [3.63, 3.8) is 0 Å². The molecule has 0 fully saturated rings. The van der Waals surface area contributed by atoms with Gasteiger partial charge in [0.25, 0.3) is 0 Å². The number of aromatic nitrogens is 3. The van der Waals surface area contributed by atoms with Gasteiger partial charge in [0.15, 0.2) is 0 Å². The summed E-state index contributed by atoms with van der Waals surface area (Å²) in [5.41, 5.74) is 3.31. The van der Waals surface area contributed by atoms with E-state index in [2.05, 4.69) is 32.8 Å². The highest BCUT2D eigenvalue weighted by Crippen LogP contribution is 2.22. The van der Waals surface area contributed by atoms with Crippen LogP contribution in [0.15, 0.2) is 53.5 Å². The second-order valence-electron chi connectivity index (χ2n) is 4.47. The van der Waals surface area contributed by atoms with Crippen molar-refractivity contribution in [1.82, 2.24) is 15.0 Å². The van der Waals surface area contributed by atoms with Crippen LogP contribution in [0.4, 0.5) is 4.39 Å². The van der Waals surface area contributed by atoms with E-state index < -0.39 is 0 Å². The van der Waals surface area contributed by atoms with Crippen LogP contribution in [-0.2, 0) is 6.54 Å². The molecule has 0 aliphatic rings. The molecule has 5 heteroatoms. The number of para-hydroxylation sites is 1. The molecule has 0 amide bonds. The molecule has 0 unspecified atom stereocenters. The van der Waals surface area contributed by atoms with Gasteiger partial charge in [-0.1, -0.05) is 30.0 Å². The molecule has 0 saturated carbocycles. The Morgan fingerprint density at radius 1 is 1.25 bits per heavy atom. The third-order valence-electron chi connectivity index (χ3n) is 3.09. The first-order valence-corrected chi connectivity index (χ1v) is 6.86. The summed E-state index contributed by atoms with van der Waals surface area (Å²) in [6.07, 6.45) is 0. The van der Waals surface area contributed by atoms with Gasteiger partial charge in [-0.25, -0.2) is 9.07 Å². The average Bonchev–Trinajstić information content (AvgIpc) is 2.85. The van der Waals surface area contributed by atoms with Gasteiger partial charge in [-0.05, 0) is 51.3 Å². The van der Waals surface area contributed by atoms with Crippen molar-refractivity contribution >= 4 is 32.5 Å². The van der Waals surface area contributed by atoms with E-state index in [0.717, 1.165) is 22.2 Å². The molecule has 1 aromatic heterocycles. The van der Waals surface area contributed by atoms with Crippen LogP contribution in [0.3, 0.4) is 0 Å². The molecule has 0 aliphatic heterocycles. The summed E-state index contributed by atoms with van der Waals surface area (Å²) in [5, 5.41) is 8.19. The smallest absolute Gasteiger partial charge is 0.137 e. The number of rotatable bonds is 3. The zero-order chi connectivity index (χ0) is 14.1. The van der Waals surface area contributed by atoms with Gasteiger partial charge >= 0.3 is 0 Å². The lowest BCUT2D eigenvalue weighted by Crippen LogP contribution is -2.02. The van der Waals surface area contributed by atoms with E-state index in [1.807, 2.05) is 30.3 Å². The van der Waals surface area contributed by atoms with Gasteiger partial charge in [0.2, 0.25) is 0 Å². The minimum atomic E-state index is -0.299. The lowest BCUT2D eigenvalue weighted by Gasteiger charge is -2.07. The van der Waals surface area contributed by atoms with Gasteiger partial charge in [0, 0.05) is 0 Å². The van der Waals surface area contributed by atoms with Crippen molar-refractivity contribution in [1.29, 1.82) is 0 Å². The Hall–Kier alpha value is -2.01. The van der Waals surface area contributed by atoms with Gasteiger partial charge in [-0.15, -0.1) is 5.10 Å². The average molecular weight is 332 g/mol. The van der Waals surface area contributed by atoms with E-state index in [4.69, 9.17) is 0 Å². The van der Waals surface area contributed by atoms with E-state index in [1.165, 1.54) is 6.07 Å². The molecular weight excluding hydrogens is 321 g/mol. The largest absolute Gasteiger partial charge is 0.240 e. The zero-order valence-electron chi connectivity index (χ0n) is 10.6. The molecule has 0 saturated heterocycles. The number of allylic oxidation sites excluding steroid dienone is 1. The summed E-state index contributed by atoms with van der Waals surface area (Å²) >= 11 is 3.14. The molecule has 0 spiro atoms. The number of hydrogen-bond donors (Lipinski definition) is 0. The van der Waals surface area contributed by atoms with E-state index in [9.17, 15) is 4.39 Å². The summed E-state index contributed by atoms with van der Waals surface area (Å²) in [7, 11) is 0. The van der Waals surface area contributed by atoms with E-state index in [0.29, 0.717) is 11.0 Å². The maximum atomic E-state index is 13.5. The van der Waals surface area contributed by atoms with Crippen LogP contribution in [0.1, 0.15) is 5.56 Å². The molecule has 0 aliphatic carbocycles. The Bertz CT molecular complexity index is 795. The maximum Gasteiger partial charge on any atom is 0.137 e. The highest BCUT2D eigenvalue weighted by atomic mass is 79.9. The fourth-order valence-corrected chi connectivity index (χ4v) is 2.27. The van der Waals surface area contributed by atoms with Gasteiger partial charge in [0.1, 0.15) is 11.3 Å². The van der Waals surface area contributed by atoms with Crippen LogP contribution in [-0.4, -0.2) is 15.0 Å². The first-order chi connectivity index (χ1) is 9.65. The van der Waals surface area contributed by atoms with Crippen LogP contribution >= 0.6 is 15.9 Å². The van der Waals surface area contributed by atoms with E-state index in [-0.39, 0.29) is 5.82 Å². The fraction of sp³-hybridized carbons (Fsp3) is 0.0667. The van der Waals surface area contributed by atoms with Gasteiger partial charge in [-0.3, -0.25) is 0 Å². The van der Waals surface area contributed by atoms with Crippen LogP contribution in [0.25, 0.3) is 16.6 Å². The molecule has 100 valence electrons. The van der Waals surface area contributed by atoms with Gasteiger partial charge in [-0.2, -0.15) is 0 Å². The predicted molar refractivity (Wildman–Crippen MR) is 80.7 cm³/mol. The van der Waals surface area contributed by atoms with E-state index in [1.54, 1.807) is 10.7 Å². The Labute approximate surface area is 123 Å². The Balaban J connectivity index is 1.90. The number of nitrogens with zero attached hydrogens (tertiary/aromatic N) is 3. The minimum absolute atomic E-state index is 0.299. The lowest BCUT2D eigenvalue weighted by atomic mass is 10.1. The fourth-order valence-electron chi connectivity index (χ4n) is 2.02. The van der Waals surface area contributed by atoms with Crippen LogP contribution in [0.5, 0.6) is 0 Å². The number of hydrogen-bond acceptors (Lipinski definition) is 2. The Kier molecular flexibility index (Phi) is 3.36. The third kappa shape index (κ3) is 2.36. The first-order valence-electron chi connectivity index (χ1n) is 6.06. The highest BCUT2D eigenvalue weighted by Gasteiger charge is 2.08. The summed E-state index contributed by atoms with van der Waals surface area (Å²) in [6, 6.07) is 12.7.